The van der Waals surface area contributed by atoms with Crippen molar-refractivity contribution in [3.8, 4) is 0 Å². The van der Waals surface area contributed by atoms with Crippen molar-refractivity contribution < 1.29 is 4.74 Å². The van der Waals surface area contributed by atoms with Crippen molar-refractivity contribution in [1.29, 1.82) is 0 Å². The van der Waals surface area contributed by atoms with E-state index in [-0.39, 0.29) is 0 Å². The van der Waals surface area contributed by atoms with Crippen molar-refractivity contribution in [1.82, 2.24) is 9.88 Å². The molecule has 2 heterocycles. The Hall–Kier alpha value is -0.360. The van der Waals surface area contributed by atoms with Crippen LogP contribution in [-0.4, -0.2) is 48.8 Å². The van der Waals surface area contributed by atoms with Gasteiger partial charge in [0, 0.05) is 31.1 Å². The van der Waals surface area contributed by atoms with E-state index in [2.05, 4.69) is 22.1 Å². The van der Waals surface area contributed by atoms with Gasteiger partial charge in [0.15, 0.2) is 5.13 Å². The highest BCUT2D eigenvalue weighted by Crippen LogP contribution is 2.19. The predicted molar refractivity (Wildman–Crippen MR) is 67.5 cm³/mol. The highest BCUT2D eigenvalue weighted by molar-refractivity contribution is 7.14. The fourth-order valence-corrected chi connectivity index (χ4v) is 2.70. The number of thiazole rings is 1. The number of aromatic nitrogens is 1. The molecule has 0 spiro atoms. The van der Waals surface area contributed by atoms with Crippen molar-refractivity contribution >= 4 is 28.1 Å². The Bertz CT molecular complexity index is 328. The van der Waals surface area contributed by atoms with Crippen molar-refractivity contribution in [2.45, 2.75) is 13.0 Å². The third kappa shape index (κ3) is 3.59. The number of halogens is 1. The smallest absolute Gasteiger partial charge is 0.184 e. The highest BCUT2D eigenvalue weighted by Gasteiger charge is 2.14. The molecule has 0 bridgehead atoms. The summed E-state index contributed by atoms with van der Waals surface area (Å²) in [6, 6.07) is 0.375. The number of rotatable bonds is 4. The Morgan fingerprint density at radius 3 is 3.00 bits per heavy atom. The van der Waals surface area contributed by atoms with Gasteiger partial charge in [0.2, 0.25) is 0 Å². The van der Waals surface area contributed by atoms with E-state index in [4.69, 9.17) is 16.3 Å². The van der Waals surface area contributed by atoms with Gasteiger partial charge in [-0.25, -0.2) is 4.98 Å². The van der Waals surface area contributed by atoms with Crippen LogP contribution in [0.4, 0.5) is 5.13 Å². The number of nitrogens with one attached hydrogen (secondary N) is 1. The van der Waals surface area contributed by atoms with E-state index in [0.29, 0.717) is 11.2 Å². The SMILES string of the molecule is CC(CN1CCOCC1)Nc1nc(Cl)cs1. The topological polar surface area (TPSA) is 37.4 Å². The van der Waals surface area contributed by atoms with Gasteiger partial charge in [-0.3, -0.25) is 4.90 Å². The molecule has 1 aromatic heterocycles. The standard InChI is InChI=1S/C10H16ClN3OS/c1-8(6-14-2-4-15-5-3-14)12-10-13-9(11)7-16-10/h7-8H,2-6H2,1H3,(H,12,13). The minimum atomic E-state index is 0.375. The maximum Gasteiger partial charge on any atom is 0.184 e. The zero-order chi connectivity index (χ0) is 11.4. The summed E-state index contributed by atoms with van der Waals surface area (Å²) in [4.78, 5) is 6.57. The Morgan fingerprint density at radius 2 is 2.38 bits per heavy atom. The number of hydrogen-bond donors (Lipinski definition) is 1. The molecular formula is C10H16ClN3OS. The second-order valence-electron chi connectivity index (χ2n) is 3.93. The van der Waals surface area contributed by atoms with Crippen LogP contribution in [0.2, 0.25) is 5.15 Å². The molecule has 16 heavy (non-hydrogen) atoms. The second kappa shape index (κ2) is 5.82. The molecule has 1 unspecified atom stereocenters. The number of anilines is 1. The summed E-state index contributed by atoms with van der Waals surface area (Å²) in [5.41, 5.74) is 0. The average molecular weight is 262 g/mol. The molecular weight excluding hydrogens is 246 g/mol. The summed E-state index contributed by atoms with van der Waals surface area (Å²) >= 11 is 7.31. The van der Waals surface area contributed by atoms with E-state index in [0.717, 1.165) is 38.0 Å². The third-order valence-electron chi connectivity index (χ3n) is 2.48. The summed E-state index contributed by atoms with van der Waals surface area (Å²) < 4.78 is 5.31. The number of ether oxygens (including phenoxy) is 1. The second-order valence-corrected chi connectivity index (χ2v) is 5.18. The Kier molecular flexibility index (Phi) is 4.40. The molecule has 1 N–H and O–H groups in total. The number of nitrogens with zero attached hydrogens (tertiary/aromatic N) is 2. The molecule has 4 nitrogen and oxygen atoms in total. The van der Waals surface area contributed by atoms with Crippen LogP contribution in [0.1, 0.15) is 6.92 Å². The lowest BCUT2D eigenvalue weighted by atomic mass is 10.3. The van der Waals surface area contributed by atoms with Gasteiger partial charge in [0.05, 0.1) is 13.2 Å². The van der Waals surface area contributed by atoms with E-state index in [9.17, 15) is 0 Å². The molecule has 6 heteroatoms. The van der Waals surface area contributed by atoms with E-state index in [1.807, 2.05) is 5.38 Å². The highest BCUT2D eigenvalue weighted by atomic mass is 35.5. The van der Waals surface area contributed by atoms with Crippen molar-refractivity contribution in [3.63, 3.8) is 0 Å². The van der Waals surface area contributed by atoms with Crippen LogP contribution in [-0.2, 0) is 4.74 Å². The van der Waals surface area contributed by atoms with Crippen molar-refractivity contribution in [2.24, 2.45) is 0 Å². The minimum Gasteiger partial charge on any atom is -0.379 e. The van der Waals surface area contributed by atoms with Gasteiger partial charge in [-0.15, -0.1) is 11.3 Å². The Morgan fingerprint density at radius 1 is 1.62 bits per heavy atom. The molecule has 0 aliphatic carbocycles. The molecule has 1 aromatic rings. The van der Waals surface area contributed by atoms with Gasteiger partial charge in [-0.05, 0) is 6.92 Å². The van der Waals surface area contributed by atoms with E-state index >= 15 is 0 Å². The predicted octanol–water partition coefficient (Wildman–Crippen LogP) is 1.93. The summed E-state index contributed by atoms with van der Waals surface area (Å²) in [6.45, 7) is 6.90. The number of morpholine rings is 1. The first-order valence-corrected chi connectivity index (χ1v) is 6.67. The first-order chi connectivity index (χ1) is 7.74. The summed E-state index contributed by atoms with van der Waals surface area (Å²) in [6.07, 6.45) is 0. The summed E-state index contributed by atoms with van der Waals surface area (Å²) in [5.74, 6) is 0. The molecule has 1 atom stereocenters. The van der Waals surface area contributed by atoms with Crippen LogP contribution >= 0.6 is 22.9 Å². The lowest BCUT2D eigenvalue weighted by Gasteiger charge is -2.29. The van der Waals surface area contributed by atoms with Gasteiger partial charge in [0.25, 0.3) is 0 Å². The van der Waals surface area contributed by atoms with Gasteiger partial charge < -0.3 is 10.1 Å². The summed E-state index contributed by atoms with van der Waals surface area (Å²) in [7, 11) is 0. The lowest BCUT2D eigenvalue weighted by molar-refractivity contribution is 0.0368. The zero-order valence-electron chi connectivity index (χ0n) is 9.28. The molecule has 0 aromatic carbocycles. The Labute approximate surface area is 105 Å². The molecule has 0 amide bonds. The molecule has 1 saturated heterocycles. The van der Waals surface area contributed by atoms with Crippen LogP contribution in [0.3, 0.4) is 0 Å². The molecule has 90 valence electrons. The fourth-order valence-electron chi connectivity index (χ4n) is 1.75. The van der Waals surface area contributed by atoms with Gasteiger partial charge in [0.1, 0.15) is 5.15 Å². The zero-order valence-corrected chi connectivity index (χ0v) is 10.9. The van der Waals surface area contributed by atoms with Gasteiger partial charge in [-0.1, -0.05) is 11.6 Å². The van der Waals surface area contributed by atoms with E-state index in [1.54, 1.807) is 11.3 Å². The molecule has 1 fully saturated rings. The minimum absolute atomic E-state index is 0.375. The van der Waals surface area contributed by atoms with E-state index in [1.165, 1.54) is 0 Å². The quantitative estimate of drug-likeness (QED) is 0.899. The van der Waals surface area contributed by atoms with E-state index < -0.39 is 0 Å². The molecule has 0 saturated carbocycles. The van der Waals surface area contributed by atoms with Crippen LogP contribution in [0.15, 0.2) is 5.38 Å². The van der Waals surface area contributed by atoms with Crippen LogP contribution in [0, 0.1) is 0 Å². The Balaban J connectivity index is 1.77. The van der Waals surface area contributed by atoms with Crippen LogP contribution < -0.4 is 5.32 Å². The maximum absolute atomic E-state index is 5.77. The molecule has 0 radical (unpaired) electrons. The third-order valence-corrected chi connectivity index (χ3v) is 3.58. The normalized spacial score (nSPS) is 19.6. The largest absolute Gasteiger partial charge is 0.379 e. The summed E-state index contributed by atoms with van der Waals surface area (Å²) in [5, 5.41) is 6.64. The monoisotopic (exact) mass is 261 g/mol. The van der Waals surface area contributed by atoms with Crippen molar-refractivity contribution in [2.75, 3.05) is 38.2 Å². The maximum atomic E-state index is 5.77. The first kappa shape index (κ1) is 12.1. The average Bonchev–Trinajstić information content (AvgIpc) is 2.65. The van der Waals surface area contributed by atoms with Crippen LogP contribution in [0.5, 0.6) is 0 Å². The van der Waals surface area contributed by atoms with Gasteiger partial charge >= 0.3 is 0 Å². The van der Waals surface area contributed by atoms with Crippen LogP contribution in [0.25, 0.3) is 0 Å². The number of hydrogen-bond acceptors (Lipinski definition) is 5. The fraction of sp³-hybridized carbons (Fsp3) is 0.700. The lowest BCUT2D eigenvalue weighted by Crippen LogP contribution is -2.42. The molecule has 1 aliphatic heterocycles. The molecule has 2 rings (SSSR count). The van der Waals surface area contributed by atoms with Gasteiger partial charge in [-0.2, -0.15) is 0 Å². The first-order valence-electron chi connectivity index (χ1n) is 5.42. The van der Waals surface area contributed by atoms with Crippen molar-refractivity contribution in [3.05, 3.63) is 10.5 Å². The molecule has 1 aliphatic rings.